The first-order valence-electron chi connectivity index (χ1n) is 7.18. The Morgan fingerprint density at radius 2 is 2.24 bits per heavy atom. The number of aryl methyl sites for hydroxylation is 1. The van der Waals surface area contributed by atoms with Gasteiger partial charge in [0.1, 0.15) is 0 Å². The van der Waals surface area contributed by atoms with Gasteiger partial charge in [-0.05, 0) is 30.6 Å². The Balaban J connectivity index is 1.59. The third kappa shape index (κ3) is 3.58. The van der Waals surface area contributed by atoms with E-state index in [1.54, 1.807) is 0 Å². The van der Waals surface area contributed by atoms with Crippen molar-refractivity contribution in [3.63, 3.8) is 0 Å². The highest BCUT2D eigenvalue weighted by atomic mass is 32.1. The number of aromatic nitrogens is 1. The Morgan fingerprint density at radius 3 is 3.05 bits per heavy atom. The zero-order valence-electron chi connectivity index (χ0n) is 12.1. The monoisotopic (exact) mass is 305 g/mol. The lowest BCUT2D eigenvalue weighted by Gasteiger charge is -2.26. The lowest BCUT2D eigenvalue weighted by molar-refractivity contribution is -0.116. The van der Waals surface area contributed by atoms with Crippen LogP contribution in [0.4, 0.5) is 5.82 Å². The van der Waals surface area contributed by atoms with Crippen molar-refractivity contribution < 1.29 is 9.53 Å². The second-order valence-corrected chi connectivity index (χ2v) is 6.09. The van der Waals surface area contributed by atoms with E-state index in [1.807, 2.05) is 13.0 Å². The number of morpholine rings is 1. The van der Waals surface area contributed by atoms with Crippen molar-refractivity contribution in [2.45, 2.75) is 13.3 Å². The minimum atomic E-state index is 0.0233. The quantitative estimate of drug-likeness (QED) is 0.941. The number of amides is 1. The average Bonchev–Trinajstić information content (AvgIpc) is 2.88. The van der Waals surface area contributed by atoms with Gasteiger partial charge in [-0.25, -0.2) is 0 Å². The second-order valence-electron chi connectivity index (χ2n) is 5.28. The molecule has 2 aromatic rings. The van der Waals surface area contributed by atoms with E-state index < -0.39 is 0 Å². The first-order chi connectivity index (χ1) is 10.2. The number of benzene rings is 1. The smallest absolute Gasteiger partial charge is 0.226 e. The maximum absolute atomic E-state index is 12.1. The standard InChI is InChI=1S/C15H19N3O2S/c1-11-2-3-13-12(10-11)15(17-21-13)16-14(19)4-5-18-6-8-20-9-7-18/h2-3,10H,4-9H2,1H3,(H,16,17,19). The number of hydrogen-bond acceptors (Lipinski definition) is 5. The Morgan fingerprint density at radius 1 is 1.43 bits per heavy atom. The average molecular weight is 305 g/mol. The number of fused-ring (bicyclic) bond motifs is 1. The van der Waals surface area contributed by atoms with Crippen LogP contribution in [0.25, 0.3) is 10.1 Å². The summed E-state index contributed by atoms with van der Waals surface area (Å²) >= 11 is 1.42. The van der Waals surface area contributed by atoms with Crippen LogP contribution in [0, 0.1) is 6.92 Å². The van der Waals surface area contributed by atoms with Crippen molar-refractivity contribution in [1.82, 2.24) is 9.27 Å². The highest BCUT2D eigenvalue weighted by Crippen LogP contribution is 2.27. The summed E-state index contributed by atoms with van der Waals surface area (Å²) in [5.41, 5.74) is 1.17. The van der Waals surface area contributed by atoms with Gasteiger partial charge < -0.3 is 10.1 Å². The van der Waals surface area contributed by atoms with Gasteiger partial charge in [0.15, 0.2) is 5.82 Å². The zero-order valence-corrected chi connectivity index (χ0v) is 12.9. The molecule has 0 bridgehead atoms. The highest BCUT2D eigenvalue weighted by molar-refractivity contribution is 7.13. The molecule has 112 valence electrons. The molecule has 6 heteroatoms. The van der Waals surface area contributed by atoms with E-state index in [0.29, 0.717) is 12.2 Å². The van der Waals surface area contributed by atoms with E-state index >= 15 is 0 Å². The second kappa shape index (κ2) is 6.51. The van der Waals surface area contributed by atoms with Crippen LogP contribution in [0.1, 0.15) is 12.0 Å². The maximum atomic E-state index is 12.1. The minimum Gasteiger partial charge on any atom is -0.379 e. The van der Waals surface area contributed by atoms with Crippen molar-refractivity contribution >= 4 is 33.3 Å². The summed E-state index contributed by atoms with van der Waals surface area (Å²) in [7, 11) is 0. The predicted molar refractivity (Wildman–Crippen MR) is 84.9 cm³/mol. The number of nitrogens with one attached hydrogen (secondary N) is 1. The highest BCUT2D eigenvalue weighted by Gasteiger charge is 2.14. The minimum absolute atomic E-state index is 0.0233. The van der Waals surface area contributed by atoms with Crippen LogP contribution in [0.5, 0.6) is 0 Å². The molecule has 0 saturated carbocycles. The molecule has 21 heavy (non-hydrogen) atoms. The number of anilines is 1. The van der Waals surface area contributed by atoms with Gasteiger partial charge >= 0.3 is 0 Å². The number of ether oxygens (including phenoxy) is 1. The molecule has 1 fully saturated rings. The van der Waals surface area contributed by atoms with Gasteiger partial charge in [0.05, 0.1) is 17.9 Å². The normalized spacial score (nSPS) is 16.2. The molecule has 0 unspecified atom stereocenters. The van der Waals surface area contributed by atoms with E-state index in [1.165, 1.54) is 17.1 Å². The molecule has 1 N–H and O–H groups in total. The van der Waals surface area contributed by atoms with E-state index in [-0.39, 0.29) is 5.91 Å². The SMILES string of the molecule is Cc1ccc2snc(NC(=O)CCN3CCOCC3)c2c1. The van der Waals surface area contributed by atoms with Crippen LogP contribution in [-0.2, 0) is 9.53 Å². The van der Waals surface area contributed by atoms with Crippen LogP contribution in [0.15, 0.2) is 18.2 Å². The van der Waals surface area contributed by atoms with E-state index in [9.17, 15) is 4.79 Å². The molecule has 1 aromatic carbocycles. The predicted octanol–water partition coefficient (Wildman–Crippen LogP) is 2.27. The van der Waals surface area contributed by atoms with Crippen LogP contribution in [-0.4, -0.2) is 48.0 Å². The molecule has 0 aliphatic carbocycles. The first kappa shape index (κ1) is 14.4. The summed E-state index contributed by atoms with van der Waals surface area (Å²) in [6.07, 6.45) is 0.491. The molecule has 0 spiro atoms. The zero-order chi connectivity index (χ0) is 14.7. The summed E-state index contributed by atoms with van der Waals surface area (Å²) in [5, 5.41) is 3.96. The fraction of sp³-hybridized carbons (Fsp3) is 0.467. The number of rotatable bonds is 4. The molecule has 2 heterocycles. The van der Waals surface area contributed by atoms with Gasteiger partial charge in [-0.1, -0.05) is 11.6 Å². The molecule has 1 saturated heterocycles. The Kier molecular flexibility index (Phi) is 4.48. The topological polar surface area (TPSA) is 54.5 Å². The first-order valence-corrected chi connectivity index (χ1v) is 7.96. The van der Waals surface area contributed by atoms with Gasteiger partial charge in [0.2, 0.25) is 5.91 Å². The third-order valence-electron chi connectivity index (χ3n) is 3.64. The lowest BCUT2D eigenvalue weighted by Crippen LogP contribution is -2.38. The largest absolute Gasteiger partial charge is 0.379 e. The Labute approximate surface area is 128 Å². The summed E-state index contributed by atoms with van der Waals surface area (Å²) in [6, 6.07) is 6.17. The van der Waals surface area contributed by atoms with Crippen LogP contribution < -0.4 is 5.32 Å². The summed E-state index contributed by atoms with van der Waals surface area (Å²) in [6.45, 7) is 6.16. The van der Waals surface area contributed by atoms with Crippen LogP contribution >= 0.6 is 11.5 Å². The number of carbonyl (C=O) groups excluding carboxylic acids is 1. The fourth-order valence-electron chi connectivity index (χ4n) is 2.42. The Hall–Kier alpha value is -1.50. The van der Waals surface area contributed by atoms with Gasteiger partial charge in [0, 0.05) is 31.4 Å². The van der Waals surface area contributed by atoms with E-state index in [2.05, 4.69) is 26.7 Å². The number of hydrogen-bond donors (Lipinski definition) is 1. The molecular weight excluding hydrogens is 286 g/mol. The van der Waals surface area contributed by atoms with Crippen molar-refractivity contribution in [3.8, 4) is 0 Å². The van der Waals surface area contributed by atoms with Crippen LogP contribution in [0.2, 0.25) is 0 Å². The molecule has 1 amide bonds. The van der Waals surface area contributed by atoms with Gasteiger partial charge in [-0.2, -0.15) is 4.37 Å². The van der Waals surface area contributed by atoms with E-state index in [4.69, 9.17) is 4.74 Å². The number of nitrogens with zero attached hydrogens (tertiary/aromatic N) is 2. The molecule has 5 nitrogen and oxygen atoms in total. The molecule has 3 rings (SSSR count). The Bertz CT molecular complexity index is 635. The van der Waals surface area contributed by atoms with Crippen LogP contribution in [0.3, 0.4) is 0 Å². The molecule has 1 aliphatic rings. The number of carbonyl (C=O) groups is 1. The lowest BCUT2D eigenvalue weighted by atomic mass is 10.2. The molecular formula is C15H19N3O2S. The molecule has 1 aromatic heterocycles. The van der Waals surface area contributed by atoms with Crippen molar-refractivity contribution in [1.29, 1.82) is 0 Å². The molecule has 0 radical (unpaired) electrons. The van der Waals surface area contributed by atoms with Gasteiger partial charge in [0.25, 0.3) is 0 Å². The summed E-state index contributed by atoms with van der Waals surface area (Å²) in [5.74, 6) is 0.709. The van der Waals surface area contributed by atoms with Crippen molar-refractivity contribution in [2.24, 2.45) is 0 Å². The van der Waals surface area contributed by atoms with Gasteiger partial charge in [-0.3, -0.25) is 9.69 Å². The van der Waals surface area contributed by atoms with Gasteiger partial charge in [-0.15, -0.1) is 0 Å². The van der Waals surface area contributed by atoms with E-state index in [0.717, 1.165) is 42.9 Å². The van der Waals surface area contributed by atoms with Crippen molar-refractivity contribution in [2.75, 3.05) is 38.2 Å². The fourth-order valence-corrected chi connectivity index (χ4v) is 3.14. The maximum Gasteiger partial charge on any atom is 0.226 e. The summed E-state index contributed by atoms with van der Waals surface area (Å²) < 4.78 is 10.7. The molecule has 0 atom stereocenters. The molecule has 1 aliphatic heterocycles. The third-order valence-corrected chi connectivity index (χ3v) is 4.47. The summed E-state index contributed by atoms with van der Waals surface area (Å²) in [4.78, 5) is 14.3. The van der Waals surface area contributed by atoms with Crippen molar-refractivity contribution in [3.05, 3.63) is 23.8 Å².